The van der Waals surface area contributed by atoms with Crippen molar-refractivity contribution in [1.29, 1.82) is 0 Å². The predicted octanol–water partition coefficient (Wildman–Crippen LogP) is 8.88. The van der Waals surface area contributed by atoms with Crippen LogP contribution in [-0.2, 0) is 11.2 Å². The lowest BCUT2D eigenvalue weighted by Crippen LogP contribution is -2.36. The zero-order valence-corrected chi connectivity index (χ0v) is 25.0. The van der Waals surface area contributed by atoms with Gasteiger partial charge in [-0.25, -0.2) is 4.79 Å². The van der Waals surface area contributed by atoms with Gasteiger partial charge in [-0.3, -0.25) is 9.69 Å². The van der Waals surface area contributed by atoms with E-state index in [4.69, 9.17) is 4.74 Å². The highest BCUT2D eigenvalue weighted by molar-refractivity contribution is 7.99. The number of urea groups is 1. The van der Waals surface area contributed by atoms with Gasteiger partial charge in [0.05, 0.1) is 12.5 Å². The van der Waals surface area contributed by atoms with E-state index in [2.05, 4.69) is 24.4 Å². The van der Waals surface area contributed by atoms with Crippen LogP contribution in [0.2, 0.25) is 0 Å². The Morgan fingerprint density at radius 3 is 2.29 bits per heavy atom. The van der Waals surface area contributed by atoms with Crippen molar-refractivity contribution in [3.63, 3.8) is 0 Å². The minimum absolute atomic E-state index is 0.212. The molecule has 0 radical (unpaired) electrons. The average Bonchev–Trinajstić information content (AvgIpc) is 3.00. The summed E-state index contributed by atoms with van der Waals surface area (Å²) in [6.45, 7) is 5.19. The van der Waals surface area contributed by atoms with Crippen LogP contribution >= 0.6 is 11.8 Å². The highest BCUT2D eigenvalue weighted by atomic mass is 32.2. The summed E-state index contributed by atoms with van der Waals surface area (Å²) >= 11 is 1.58. The molecule has 0 heterocycles. The van der Waals surface area contributed by atoms with Crippen molar-refractivity contribution in [3.8, 4) is 5.75 Å². The standard InChI is InChI=1S/C35H38N2O4S/c1-3-5-24-41-30-18-16-28(17-19-30)36-35(40)37(23-22-26-10-7-6-8-11-26)29-12-9-13-32(25-29)42-31-20-14-27(15-21-31)33(4-2)34(38)39/h6-21,25,33H,3-5,22-24H2,1-2H3,(H,36,40)(H,38,39). The second-order valence-electron chi connectivity index (χ2n) is 10.0. The highest BCUT2D eigenvalue weighted by Crippen LogP contribution is 2.32. The van der Waals surface area contributed by atoms with E-state index >= 15 is 0 Å². The Kier molecular flexibility index (Phi) is 11.5. The molecule has 2 N–H and O–H groups in total. The minimum Gasteiger partial charge on any atom is -0.494 e. The molecule has 0 bridgehead atoms. The van der Waals surface area contributed by atoms with Crippen molar-refractivity contribution >= 4 is 35.1 Å². The van der Waals surface area contributed by atoms with Gasteiger partial charge in [-0.2, -0.15) is 0 Å². The first-order chi connectivity index (χ1) is 20.5. The van der Waals surface area contributed by atoms with E-state index in [0.29, 0.717) is 31.7 Å². The number of unbranched alkanes of at least 4 members (excludes halogenated alkanes) is 1. The molecule has 0 aliphatic carbocycles. The molecule has 0 fully saturated rings. The van der Waals surface area contributed by atoms with Gasteiger partial charge in [0, 0.05) is 27.7 Å². The maximum atomic E-state index is 13.6. The number of rotatable bonds is 14. The summed E-state index contributed by atoms with van der Waals surface area (Å²) in [5.74, 6) is -0.530. The number of nitrogens with one attached hydrogen (secondary N) is 1. The summed E-state index contributed by atoms with van der Waals surface area (Å²) in [6.07, 6.45) is 3.33. The van der Waals surface area contributed by atoms with E-state index in [0.717, 1.165) is 45.2 Å². The van der Waals surface area contributed by atoms with E-state index in [1.54, 1.807) is 16.7 Å². The van der Waals surface area contributed by atoms with Gasteiger partial charge in [-0.05, 0) is 85.0 Å². The Labute approximate surface area is 252 Å². The largest absolute Gasteiger partial charge is 0.494 e. The maximum Gasteiger partial charge on any atom is 0.326 e. The van der Waals surface area contributed by atoms with Gasteiger partial charge in [-0.1, -0.05) is 80.6 Å². The van der Waals surface area contributed by atoms with Gasteiger partial charge < -0.3 is 15.2 Å². The quantitative estimate of drug-likeness (QED) is 0.145. The molecule has 7 heteroatoms. The number of amides is 2. The number of carboxylic acids is 1. The van der Waals surface area contributed by atoms with Gasteiger partial charge in [0.25, 0.3) is 0 Å². The van der Waals surface area contributed by atoms with Crippen LogP contribution in [0.25, 0.3) is 0 Å². The molecule has 4 rings (SSSR count). The number of benzene rings is 4. The van der Waals surface area contributed by atoms with E-state index in [1.165, 1.54) is 0 Å². The fraction of sp³-hybridized carbons (Fsp3) is 0.257. The third-order valence-corrected chi connectivity index (χ3v) is 7.94. The summed E-state index contributed by atoms with van der Waals surface area (Å²) in [5.41, 5.74) is 3.44. The molecule has 42 heavy (non-hydrogen) atoms. The Bertz CT molecular complexity index is 1430. The Morgan fingerprint density at radius 2 is 1.62 bits per heavy atom. The Hall–Kier alpha value is -4.23. The molecule has 0 spiro atoms. The number of carbonyl (C=O) groups is 2. The number of carboxylic acid groups (broad SMARTS) is 1. The third-order valence-electron chi connectivity index (χ3n) is 6.94. The van der Waals surface area contributed by atoms with Crippen molar-refractivity contribution < 1.29 is 19.4 Å². The molecule has 0 saturated carbocycles. The lowest BCUT2D eigenvalue weighted by Gasteiger charge is -2.24. The minimum atomic E-state index is -0.810. The molecule has 4 aromatic carbocycles. The van der Waals surface area contributed by atoms with E-state index in [-0.39, 0.29) is 6.03 Å². The summed E-state index contributed by atoms with van der Waals surface area (Å²) in [4.78, 5) is 28.9. The van der Waals surface area contributed by atoms with Crippen LogP contribution < -0.4 is 15.0 Å². The molecule has 0 aliphatic heterocycles. The van der Waals surface area contributed by atoms with Gasteiger partial charge in [0.1, 0.15) is 5.75 Å². The molecule has 4 aromatic rings. The maximum absolute atomic E-state index is 13.6. The fourth-order valence-corrected chi connectivity index (χ4v) is 5.44. The van der Waals surface area contributed by atoms with Crippen LogP contribution in [0.5, 0.6) is 5.75 Å². The van der Waals surface area contributed by atoms with Crippen molar-refractivity contribution in [2.24, 2.45) is 0 Å². The summed E-state index contributed by atoms with van der Waals surface area (Å²) in [7, 11) is 0. The molecule has 0 aromatic heterocycles. The molecular weight excluding hydrogens is 544 g/mol. The molecule has 0 aliphatic rings. The smallest absolute Gasteiger partial charge is 0.326 e. The lowest BCUT2D eigenvalue weighted by atomic mass is 9.97. The highest BCUT2D eigenvalue weighted by Gasteiger charge is 2.19. The fourth-order valence-electron chi connectivity index (χ4n) is 4.57. The van der Waals surface area contributed by atoms with Crippen LogP contribution in [0.3, 0.4) is 0 Å². The van der Waals surface area contributed by atoms with E-state index in [9.17, 15) is 14.7 Å². The Morgan fingerprint density at radius 1 is 0.881 bits per heavy atom. The lowest BCUT2D eigenvalue weighted by molar-refractivity contribution is -0.138. The SMILES string of the molecule is CCCCOc1ccc(NC(=O)N(CCc2ccccc2)c2cccc(Sc3ccc(C(CC)C(=O)O)cc3)c2)cc1. The van der Waals surface area contributed by atoms with Gasteiger partial charge in [0.15, 0.2) is 0 Å². The third kappa shape index (κ3) is 8.88. The summed E-state index contributed by atoms with van der Waals surface area (Å²) in [5, 5.41) is 12.5. The zero-order chi connectivity index (χ0) is 29.7. The normalized spacial score (nSPS) is 11.5. The number of carbonyl (C=O) groups excluding carboxylic acids is 1. The molecule has 0 saturated heterocycles. The van der Waals surface area contributed by atoms with Gasteiger partial charge in [0.2, 0.25) is 0 Å². The first-order valence-corrected chi connectivity index (χ1v) is 15.2. The van der Waals surface area contributed by atoms with Crippen molar-refractivity contribution in [2.45, 2.75) is 55.2 Å². The molecule has 6 nitrogen and oxygen atoms in total. The molecule has 1 atom stereocenters. The molecular formula is C35H38N2O4S. The van der Waals surface area contributed by atoms with Gasteiger partial charge >= 0.3 is 12.0 Å². The van der Waals surface area contributed by atoms with Gasteiger partial charge in [-0.15, -0.1) is 0 Å². The zero-order valence-electron chi connectivity index (χ0n) is 24.2. The summed E-state index contributed by atoms with van der Waals surface area (Å²) in [6, 6.07) is 33.0. The van der Waals surface area contributed by atoms with Crippen molar-refractivity contribution in [2.75, 3.05) is 23.4 Å². The number of hydrogen-bond donors (Lipinski definition) is 2. The van der Waals surface area contributed by atoms with E-state index < -0.39 is 11.9 Å². The van der Waals surface area contributed by atoms with Crippen LogP contribution in [0.4, 0.5) is 16.2 Å². The molecule has 218 valence electrons. The predicted molar refractivity (Wildman–Crippen MR) is 171 cm³/mol. The van der Waals surface area contributed by atoms with E-state index in [1.807, 2.05) is 97.9 Å². The second-order valence-corrected chi connectivity index (χ2v) is 11.2. The molecule has 2 amide bonds. The number of hydrogen-bond acceptors (Lipinski definition) is 4. The first kappa shape index (κ1) is 30.7. The Balaban J connectivity index is 1.50. The second kappa shape index (κ2) is 15.7. The molecule has 1 unspecified atom stereocenters. The van der Waals surface area contributed by atoms with Crippen LogP contribution in [-0.4, -0.2) is 30.3 Å². The van der Waals surface area contributed by atoms with Crippen molar-refractivity contribution in [1.82, 2.24) is 0 Å². The first-order valence-electron chi connectivity index (χ1n) is 14.4. The van der Waals surface area contributed by atoms with Crippen LogP contribution in [0.15, 0.2) is 113 Å². The van der Waals surface area contributed by atoms with Crippen LogP contribution in [0.1, 0.15) is 50.2 Å². The number of aliphatic carboxylic acids is 1. The van der Waals surface area contributed by atoms with Crippen LogP contribution in [0, 0.1) is 0 Å². The number of anilines is 2. The topological polar surface area (TPSA) is 78.9 Å². The monoisotopic (exact) mass is 582 g/mol. The van der Waals surface area contributed by atoms with Crippen molar-refractivity contribution in [3.05, 3.63) is 114 Å². The average molecular weight is 583 g/mol. The number of nitrogens with zero attached hydrogens (tertiary/aromatic N) is 1. The summed E-state index contributed by atoms with van der Waals surface area (Å²) < 4.78 is 5.76. The number of ether oxygens (including phenoxy) is 1.